The lowest BCUT2D eigenvalue weighted by molar-refractivity contribution is -0.140. The number of carbonyl (C=O) groups excluding carboxylic acids is 1. The summed E-state index contributed by atoms with van der Waals surface area (Å²) in [5.74, 6) is -0.660. The average Bonchev–Trinajstić information content (AvgIpc) is 2.45. The standard InChI is InChI=1S/C13H26N2O4S/c1-3-9-15(11-12-6-4-5-8-14-12)20(17,18)10-7-13(16)19-2/h12,14H,3-11H2,1-2H3. The third-order valence-electron chi connectivity index (χ3n) is 3.49. The first-order valence-electron chi connectivity index (χ1n) is 7.27. The monoisotopic (exact) mass is 306 g/mol. The zero-order valence-electron chi connectivity index (χ0n) is 12.4. The van der Waals surface area contributed by atoms with Gasteiger partial charge in [-0.15, -0.1) is 0 Å². The van der Waals surface area contributed by atoms with Crippen molar-refractivity contribution >= 4 is 16.0 Å². The predicted octanol–water partition coefficient (Wildman–Crippen LogP) is 0.733. The number of nitrogens with one attached hydrogen (secondary N) is 1. The summed E-state index contributed by atoms with van der Waals surface area (Å²) in [6.45, 7) is 3.91. The second kappa shape index (κ2) is 8.59. The van der Waals surface area contributed by atoms with E-state index in [1.165, 1.54) is 11.4 Å². The lowest BCUT2D eigenvalue weighted by Gasteiger charge is -2.29. The number of methoxy groups -OCH3 is 1. The number of piperidine rings is 1. The Balaban J connectivity index is 2.59. The zero-order valence-corrected chi connectivity index (χ0v) is 13.2. The second-order valence-corrected chi connectivity index (χ2v) is 7.24. The van der Waals surface area contributed by atoms with Crippen LogP contribution in [0.4, 0.5) is 0 Å². The Labute approximate surface area is 121 Å². The van der Waals surface area contributed by atoms with E-state index in [9.17, 15) is 13.2 Å². The van der Waals surface area contributed by atoms with Crippen LogP contribution < -0.4 is 5.32 Å². The van der Waals surface area contributed by atoms with Crippen molar-refractivity contribution in [3.8, 4) is 0 Å². The van der Waals surface area contributed by atoms with Gasteiger partial charge in [0.15, 0.2) is 0 Å². The minimum absolute atomic E-state index is 0.0862. The molecule has 7 heteroatoms. The number of sulfonamides is 1. The van der Waals surface area contributed by atoms with Crippen LogP contribution in [0.3, 0.4) is 0 Å². The van der Waals surface area contributed by atoms with Crippen molar-refractivity contribution in [1.29, 1.82) is 0 Å². The van der Waals surface area contributed by atoms with Gasteiger partial charge in [0, 0.05) is 19.1 Å². The first kappa shape index (κ1) is 17.4. The lowest BCUT2D eigenvalue weighted by Crippen LogP contribution is -2.46. The van der Waals surface area contributed by atoms with Crippen molar-refractivity contribution < 1.29 is 17.9 Å². The highest BCUT2D eigenvalue weighted by Crippen LogP contribution is 2.12. The first-order chi connectivity index (χ1) is 9.49. The van der Waals surface area contributed by atoms with Gasteiger partial charge in [-0.2, -0.15) is 0 Å². The second-order valence-electron chi connectivity index (χ2n) is 5.15. The molecular formula is C13H26N2O4S. The van der Waals surface area contributed by atoms with Gasteiger partial charge in [-0.25, -0.2) is 12.7 Å². The normalized spacial score (nSPS) is 20.1. The third-order valence-corrected chi connectivity index (χ3v) is 5.33. The summed E-state index contributed by atoms with van der Waals surface area (Å²) in [7, 11) is -2.13. The molecule has 1 rings (SSSR count). The molecule has 0 saturated carbocycles. The lowest BCUT2D eigenvalue weighted by atomic mass is 10.1. The first-order valence-corrected chi connectivity index (χ1v) is 8.88. The van der Waals surface area contributed by atoms with E-state index in [4.69, 9.17) is 0 Å². The van der Waals surface area contributed by atoms with E-state index in [0.717, 1.165) is 32.2 Å². The Hall–Kier alpha value is -0.660. The van der Waals surface area contributed by atoms with Gasteiger partial charge in [-0.1, -0.05) is 13.3 Å². The molecular weight excluding hydrogens is 280 g/mol. The van der Waals surface area contributed by atoms with Crippen LogP contribution >= 0.6 is 0 Å². The molecule has 1 fully saturated rings. The summed E-state index contributed by atoms with van der Waals surface area (Å²) < 4.78 is 30.6. The van der Waals surface area contributed by atoms with Gasteiger partial charge in [-0.05, 0) is 25.8 Å². The summed E-state index contributed by atoms with van der Waals surface area (Å²) in [5.41, 5.74) is 0. The molecule has 0 amide bonds. The van der Waals surface area contributed by atoms with E-state index in [0.29, 0.717) is 13.1 Å². The largest absolute Gasteiger partial charge is 0.469 e. The summed E-state index contributed by atoms with van der Waals surface area (Å²) in [4.78, 5) is 11.1. The number of rotatable bonds is 8. The molecule has 6 nitrogen and oxygen atoms in total. The van der Waals surface area contributed by atoms with Crippen molar-refractivity contribution in [1.82, 2.24) is 9.62 Å². The van der Waals surface area contributed by atoms with Crippen LogP contribution in [-0.2, 0) is 19.6 Å². The van der Waals surface area contributed by atoms with Crippen molar-refractivity contribution in [3.05, 3.63) is 0 Å². The molecule has 0 aromatic rings. The molecule has 1 saturated heterocycles. The van der Waals surface area contributed by atoms with E-state index >= 15 is 0 Å². The molecule has 20 heavy (non-hydrogen) atoms. The van der Waals surface area contributed by atoms with Crippen LogP contribution in [0.2, 0.25) is 0 Å². The van der Waals surface area contributed by atoms with Crippen molar-refractivity contribution in [3.63, 3.8) is 0 Å². The maximum atomic E-state index is 12.3. The highest BCUT2D eigenvalue weighted by Gasteiger charge is 2.26. The predicted molar refractivity (Wildman–Crippen MR) is 77.9 cm³/mol. The number of hydrogen-bond acceptors (Lipinski definition) is 5. The molecule has 1 unspecified atom stereocenters. The average molecular weight is 306 g/mol. The number of ether oxygens (including phenoxy) is 1. The Bertz CT molecular complexity index is 391. The van der Waals surface area contributed by atoms with Crippen LogP contribution in [0, 0.1) is 0 Å². The highest BCUT2D eigenvalue weighted by atomic mass is 32.2. The van der Waals surface area contributed by atoms with Gasteiger partial charge >= 0.3 is 5.97 Å². The topological polar surface area (TPSA) is 75.7 Å². The maximum absolute atomic E-state index is 12.3. The van der Waals surface area contributed by atoms with Gasteiger partial charge in [0.25, 0.3) is 0 Å². The summed E-state index contributed by atoms with van der Waals surface area (Å²) in [6.07, 6.45) is 3.98. The van der Waals surface area contributed by atoms with Crippen LogP contribution in [0.1, 0.15) is 39.0 Å². The SMILES string of the molecule is CCCN(CC1CCCCN1)S(=O)(=O)CCC(=O)OC. The molecule has 1 heterocycles. The molecule has 1 aliphatic heterocycles. The van der Waals surface area contributed by atoms with E-state index < -0.39 is 16.0 Å². The minimum Gasteiger partial charge on any atom is -0.469 e. The van der Waals surface area contributed by atoms with Gasteiger partial charge in [0.1, 0.15) is 0 Å². The van der Waals surface area contributed by atoms with Gasteiger partial charge in [0.05, 0.1) is 19.3 Å². The molecule has 0 spiro atoms. The number of carbonyl (C=O) groups is 1. The van der Waals surface area contributed by atoms with E-state index in [1.54, 1.807) is 0 Å². The van der Waals surface area contributed by atoms with Crippen LogP contribution in [-0.4, -0.2) is 57.2 Å². The highest BCUT2D eigenvalue weighted by molar-refractivity contribution is 7.89. The molecule has 1 atom stereocenters. The molecule has 0 aliphatic carbocycles. The molecule has 118 valence electrons. The minimum atomic E-state index is -3.40. The fourth-order valence-corrected chi connectivity index (χ4v) is 3.91. The summed E-state index contributed by atoms with van der Waals surface area (Å²) in [5, 5.41) is 3.36. The Morgan fingerprint density at radius 2 is 2.15 bits per heavy atom. The van der Waals surface area contributed by atoms with E-state index in [-0.39, 0.29) is 18.2 Å². The van der Waals surface area contributed by atoms with Crippen LogP contribution in [0.5, 0.6) is 0 Å². The number of hydrogen-bond donors (Lipinski definition) is 1. The number of nitrogens with zero attached hydrogens (tertiary/aromatic N) is 1. The fourth-order valence-electron chi connectivity index (χ4n) is 2.36. The van der Waals surface area contributed by atoms with Gasteiger partial charge in [-0.3, -0.25) is 4.79 Å². The van der Waals surface area contributed by atoms with Gasteiger partial charge in [0.2, 0.25) is 10.0 Å². The van der Waals surface area contributed by atoms with Crippen molar-refractivity contribution in [2.24, 2.45) is 0 Å². The van der Waals surface area contributed by atoms with Crippen molar-refractivity contribution in [2.45, 2.75) is 45.1 Å². The third kappa shape index (κ3) is 5.76. The maximum Gasteiger partial charge on any atom is 0.306 e. The van der Waals surface area contributed by atoms with Crippen LogP contribution in [0.15, 0.2) is 0 Å². The quantitative estimate of drug-likeness (QED) is 0.669. The summed E-state index contributed by atoms with van der Waals surface area (Å²) in [6, 6.07) is 0.225. The molecule has 0 aromatic carbocycles. The molecule has 0 radical (unpaired) electrons. The Morgan fingerprint density at radius 1 is 1.40 bits per heavy atom. The van der Waals surface area contributed by atoms with E-state index in [1.807, 2.05) is 6.92 Å². The zero-order chi connectivity index (χ0) is 15.0. The van der Waals surface area contributed by atoms with Crippen molar-refractivity contribution in [2.75, 3.05) is 32.5 Å². The smallest absolute Gasteiger partial charge is 0.306 e. The fraction of sp³-hybridized carbons (Fsp3) is 0.923. The molecule has 1 aliphatic rings. The molecule has 0 aromatic heterocycles. The number of esters is 1. The Kier molecular flexibility index (Phi) is 7.47. The Morgan fingerprint density at radius 3 is 2.70 bits per heavy atom. The summed E-state index contributed by atoms with van der Waals surface area (Å²) >= 11 is 0. The van der Waals surface area contributed by atoms with Crippen LogP contribution in [0.25, 0.3) is 0 Å². The van der Waals surface area contributed by atoms with E-state index in [2.05, 4.69) is 10.1 Å². The van der Waals surface area contributed by atoms with Gasteiger partial charge < -0.3 is 10.1 Å². The molecule has 0 bridgehead atoms. The molecule has 1 N–H and O–H groups in total.